The smallest absolute Gasteiger partial charge is 0.361 e. The van der Waals surface area contributed by atoms with Crippen molar-refractivity contribution in [2.75, 3.05) is 13.2 Å². The van der Waals surface area contributed by atoms with E-state index in [0.29, 0.717) is 11.7 Å². The standard InChI is InChI=1S/C21H25N3O4/c1-2-26-21(25)19(24-23)20(22)28-17-10-8-15(9-11-17)16-4-3-5-18(12-16)27-13-14-6-7-14/h3-5,8-12,14,24H,2,6-7,13,22-23H2,1H3/b20-19+. The van der Waals surface area contributed by atoms with Crippen molar-refractivity contribution in [2.45, 2.75) is 19.8 Å². The van der Waals surface area contributed by atoms with Crippen LogP contribution in [0.4, 0.5) is 0 Å². The molecule has 1 aliphatic carbocycles. The molecule has 148 valence electrons. The molecule has 0 atom stereocenters. The van der Waals surface area contributed by atoms with Gasteiger partial charge >= 0.3 is 5.97 Å². The monoisotopic (exact) mass is 383 g/mol. The minimum absolute atomic E-state index is 0.133. The van der Waals surface area contributed by atoms with Gasteiger partial charge in [-0.15, -0.1) is 0 Å². The summed E-state index contributed by atoms with van der Waals surface area (Å²) >= 11 is 0. The Morgan fingerprint density at radius 1 is 1.11 bits per heavy atom. The SMILES string of the molecule is CCOC(=O)/C(NN)=C(/N)Oc1ccc(-c2cccc(OCC3CC3)c2)cc1. The summed E-state index contributed by atoms with van der Waals surface area (Å²) in [6.07, 6.45) is 2.52. The maximum absolute atomic E-state index is 11.8. The molecule has 0 unspecified atom stereocenters. The zero-order valence-electron chi connectivity index (χ0n) is 15.8. The van der Waals surface area contributed by atoms with Crippen LogP contribution in [0, 0.1) is 5.92 Å². The van der Waals surface area contributed by atoms with Crippen molar-refractivity contribution in [3.05, 3.63) is 60.1 Å². The molecule has 2 aromatic carbocycles. The number of nitrogens with two attached hydrogens (primary N) is 2. The maximum atomic E-state index is 11.8. The first-order chi connectivity index (χ1) is 13.6. The molecule has 0 saturated heterocycles. The highest BCUT2D eigenvalue weighted by Gasteiger charge is 2.22. The van der Waals surface area contributed by atoms with Crippen LogP contribution in [0.5, 0.6) is 11.5 Å². The molecule has 0 heterocycles. The van der Waals surface area contributed by atoms with E-state index in [2.05, 4.69) is 5.43 Å². The van der Waals surface area contributed by atoms with Crippen molar-refractivity contribution in [3.63, 3.8) is 0 Å². The third kappa shape index (κ3) is 5.17. The maximum Gasteiger partial charge on any atom is 0.361 e. The summed E-state index contributed by atoms with van der Waals surface area (Å²) in [5.41, 5.74) is 9.95. The molecule has 0 aliphatic heterocycles. The third-order valence-corrected chi connectivity index (χ3v) is 4.30. The van der Waals surface area contributed by atoms with Gasteiger partial charge in [-0.1, -0.05) is 24.3 Å². The van der Waals surface area contributed by atoms with Crippen LogP contribution in [0.2, 0.25) is 0 Å². The van der Waals surface area contributed by atoms with Crippen LogP contribution >= 0.6 is 0 Å². The van der Waals surface area contributed by atoms with Crippen molar-refractivity contribution < 1.29 is 19.0 Å². The van der Waals surface area contributed by atoms with E-state index >= 15 is 0 Å². The Bertz CT molecular complexity index is 845. The Balaban J connectivity index is 1.69. The van der Waals surface area contributed by atoms with Gasteiger partial charge in [-0.3, -0.25) is 5.84 Å². The summed E-state index contributed by atoms with van der Waals surface area (Å²) in [5.74, 6) is 6.54. The number of hydrogen-bond donors (Lipinski definition) is 3. The summed E-state index contributed by atoms with van der Waals surface area (Å²) in [7, 11) is 0. The normalized spacial score (nSPS) is 14.1. The number of hydrogen-bond acceptors (Lipinski definition) is 7. The summed E-state index contributed by atoms with van der Waals surface area (Å²) in [5, 5.41) is 0. The molecule has 5 N–H and O–H groups in total. The molecule has 0 aromatic heterocycles. The lowest BCUT2D eigenvalue weighted by Crippen LogP contribution is -2.32. The van der Waals surface area contributed by atoms with Crippen molar-refractivity contribution in [1.29, 1.82) is 0 Å². The fourth-order valence-corrected chi connectivity index (χ4v) is 2.59. The molecule has 1 fully saturated rings. The minimum atomic E-state index is -0.679. The Hall–Kier alpha value is -3.19. The number of carbonyl (C=O) groups excluding carboxylic acids is 1. The molecule has 28 heavy (non-hydrogen) atoms. The van der Waals surface area contributed by atoms with Crippen molar-refractivity contribution in [3.8, 4) is 22.6 Å². The van der Waals surface area contributed by atoms with E-state index in [1.807, 2.05) is 36.4 Å². The van der Waals surface area contributed by atoms with Gasteiger partial charge < -0.3 is 25.4 Å². The van der Waals surface area contributed by atoms with Gasteiger partial charge in [0.25, 0.3) is 0 Å². The zero-order valence-corrected chi connectivity index (χ0v) is 15.8. The first-order valence-electron chi connectivity index (χ1n) is 9.25. The van der Waals surface area contributed by atoms with E-state index < -0.39 is 5.97 Å². The molecule has 1 aliphatic rings. The predicted octanol–water partition coefficient (Wildman–Crippen LogP) is 2.68. The first kappa shape index (κ1) is 19.6. The molecule has 7 nitrogen and oxygen atoms in total. The number of carbonyl (C=O) groups is 1. The molecule has 1 saturated carbocycles. The van der Waals surface area contributed by atoms with Gasteiger partial charge in [0.2, 0.25) is 5.88 Å². The topological polar surface area (TPSA) is 109 Å². The second-order valence-electron chi connectivity index (χ2n) is 6.51. The fraction of sp³-hybridized carbons (Fsp3) is 0.286. The van der Waals surface area contributed by atoms with Crippen LogP contribution in [0.3, 0.4) is 0 Å². The highest BCUT2D eigenvalue weighted by atomic mass is 16.5. The molecule has 0 spiro atoms. The van der Waals surface area contributed by atoms with Crippen LogP contribution < -0.4 is 26.5 Å². The molecule has 0 amide bonds. The zero-order chi connectivity index (χ0) is 19.9. The van der Waals surface area contributed by atoms with Gasteiger partial charge in [-0.05, 0) is 61.1 Å². The Morgan fingerprint density at radius 2 is 1.86 bits per heavy atom. The van der Waals surface area contributed by atoms with Crippen LogP contribution in [-0.2, 0) is 9.53 Å². The van der Waals surface area contributed by atoms with E-state index in [0.717, 1.165) is 23.5 Å². The van der Waals surface area contributed by atoms with E-state index in [1.54, 1.807) is 19.1 Å². The van der Waals surface area contributed by atoms with Crippen molar-refractivity contribution >= 4 is 5.97 Å². The lowest BCUT2D eigenvalue weighted by Gasteiger charge is -2.12. The van der Waals surface area contributed by atoms with E-state index in [9.17, 15) is 4.79 Å². The van der Waals surface area contributed by atoms with Crippen molar-refractivity contribution in [1.82, 2.24) is 5.43 Å². The van der Waals surface area contributed by atoms with Gasteiger partial charge in [0, 0.05) is 0 Å². The van der Waals surface area contributed by atoms with Gasteiger partial charge in [-0.25, -0.2) is 4.79 Å². The van der Waals surface area contributed by atoms with Gasteiger partial charge in [0.05, 0.1) is 13.2 Å². The molecule has 3 rings (SSSR count). The van der Waals surface area contributed by atoms with Crippen LogP contribution in [0.1, 0.15) is 19.8 Å². The number of esters is 1. The van der Waals surface area contributed by atoms with Gasteiger partial charge in [-0.2, -0.15) is 0 Å². The first-order valence-corrected chi connectivity index (χ1v) is 9.25. The fourth-order valence-electron chi connectivity index (χ4n) is 2.59. The van der Waals surface area contributed by atoms with Gasteiger partial charge in [0.1, 0.15) is 11.5 Å². The number of hydrazine groups is 1. The minimum Gasteiger partial charge on any atom is -0.493 e. The summed E-state index contributed by atoms with van der Waals surface area (Å²) in [6.45, 7) is 2.67. The molecular formula is C21H25N3O4. The van der Waals surface area contributed by atoms with Crippen molar-refractivity contribution in [2.24, 2.45) is 17.5 Å². The Morgan fingerprint density at radius 3 is 2.50 bits per heavy atom. The third-order valence-electron chi connectivity index (χ3n) is 4.30. The second kappa shape index (κ2) is 9.14. The second-order valence-corrected chi connectivity index (χ2v) is 6.51. The molecule has 0 radical (unpaired) electrons. The summed E-state index contributed by atoms with van der Waals surface area (Å²) in [6, 6.07) is 15.3. The quantitative estimate of drug-likeness (QED) is 0.201. The van der Waals surface area contributed by atoms with Crippen LogP contribution in [0.15, 0.2) is 60.1 Å². The van der Waals surface area contributed by atoms with E-state index in [1.165, 1.54) is 12.8 Å². The lowest BCUT2D eigenvalue weighted by molar-refractivity contribution is -0.139. The number of benzene rings is 2. The predicted molar refractivity (Wildman–Crippen MR) is 106 cm³/mol. The Kier molecular flexibility index (Phi) is 6.39. The van der Waals surface area contributed by atoms with Crippen LogP contribution in [0.25, 0.3) is 11.1 Å². The van der Waals surface area contributed by atoms with E-state index in [-0.39, 0.29) is 18.2 Å². The molecule has 2 aromatic rings. The van der Waals surface area contributed by atoms with Crippen LogP contribution in [-0.4, -0.2) is 19.2 Å². The number of nitrogens with one attached hydrogen (secondary N) is 1. The van der Waals surface area contributed by atoms with E-state index in [4.69, 9.17) is 25.8 Å². The number of rotatable bonds is 9. The summed E-state index contributed by atoms with van der Waals surface area (Å²) < 4.78 is 16.2. The number of ether oxygens (including phenoxy) is 3. The largest absolute Gasteiger partial charge is 0.493 e. The average molecular weight is 383 g/mol. The highest BCUT2D eigenvalue weighted by molar-refractivity contribution is 5.88. The highest BCUT2D eigenvalue weighted by Crippen LogP contribution is 2.31. The molecule has 0 bridgehead atoms. The lowest BCUT2D eigenvalue weighted by atomic mass is 10.1. The van der Waals surface area contributed by atoms with Gasteiger partial charge in [0.15, 0.2) is 5.70 Å². The average Bonchev–Trinajstić information content (AvgIpc) is 3.52. The molecular weight excluding hydrogens is 358 g/mol. The Labute approximate surface area is 164 Å². The summed E-state index contributed by atoms with van der Waals surface area (Å²) in [4.78, 5) is 11.8. The molecule has 7 heteroatoms.